The third kappa shape index (κ3) is 4.15. The number of sulfone groups is 1. The first-order chi connectivity index (χ1) is 12.0. The molecule has 26 heavy (non-hydrogen) atoms. The van der Waals surface area contributed by atoms with Crippen molar-refractivity contribution >= 4 is 26.7 Å². The van der Waals surface area contributed by atoms with Gasteiger partial charge in [-0.2, -0.15) is 5.10 Å². The maximum Gasteiger partial charge on any atom is 0.164 e. The number of rotatable bonds is 4. The van der Waals surface area contributed by atoms with E-state index >= 15 is 0 Å². The van der Waals surface area contributed by atoms with E-state index in [1.807, 2.05) is 17.8 Å². The molecule has 0 aromatic carbocycles. The van der Waals surface area contributed by atoms with Crippen LogP contribution < -0.4 is 4.90 Å². The van der Waals surface area contributed by atoms with Gasteiger partial charge in [-0.05, 0) is 27.7 Å². The lowest BCUT2D eigenvalue weighted by atomic mass is 10.1. The van der Waals surface area contributed by atoms with Gasteiger partial charge in [0, 0.05) is 39.0 Å². The zero-order valence-electron chi connectivity index (χ0n) is 16.2. The molecule has 1 aliphatic rings. The Bertz CT molecular complexity index is 892. The molecule has 0 atom stereocenters. The number of nitrogens with zero attached hydrogens (tertiary/aromatic N) is 6. The number of hydrogen-bond donors (Lipinski definition) is 0. The van der Waals surface area contributed by atoms with Crippen LogP contribution in [0, 0.1) is 6.92 Å². The van der Waals surface area contributed by atoms with E-state index in [0.717, 1.165) is 48.9 Å². The van der Waals surface area contributed by atoms with Gasteiger partial charge in [0.2, 0.25) is 0 Å². The van der Waals surface area contributed by atoms with Crippen LogP contribution in [0.5, 0.6) is 0 Å². The predicted octanol–water partition coefficient (Wildman–Crippen LogP) is 1.06. The van der Waals surface area contributed by atoms with E-state index in [4.69, 9.17) is 0 Å². The van der Waals surface area contributed by atoms with E-state index < -0.39 is 9.84 Å². The minimum Gasteiger partial charge on any atom is -0.353 e. The normalized spacial score (nSPS) is 17.2. The molecule has 0 aliphatic carbocycles. The Hall–Kier alpha value is -1.74. The highest BCUT2D eigenvalue weighted by molar-refractivity contribution is 7.90. The Kier molecular flexibility index (Phi) is 4.96. The third-order valence-electron chi connectivity index (χ3n) is 4.61. The molecule has 8 nitrogen and oxygen atoms in total. The Morgan fingerprint density at radius 1 is 1.12 bits per heavy atom. The largest absolute Gasteiger partial charge is 0.353 e. The summed E-state index contributed by atoms with van der Waals surface area (Å²) < 4.78 is 24.7. The van der Waals surface area contributed by atoms with E-state index in [2.05, 4.69) is 45.6 Å². The van der Waals surface area contributed by atoms with Gasteiger partial charge in [0.15, 0.2) is 5.65 Å². The Morgan fingerprint density at radius 2 is 1.77 bits per heavy atom. The van der Waals surface area contributed by atoms with E-state index in [1.165, 1.54) is 6.26 Å². The molecular weight excluding hydrogens is 352 g/mol. The first kappa shape index (κ1) is 19.0. The van der Waals surface area contributed by atoms with Crippen LogP contribution in [0.2, 0.25) is 0 Å². The maximum absolute atomic E-state index is 11.4. The second kappa shape index (κ2) is 6.77. The summed E-state index contributed by atoms with van der Waals surface area (Å²) in [5.74, 6) is 1.87. The SMILES string of the molecule is Cc1nc(N2CCN(CCS(C)(=O)=O)CC2)c2cnn(C(C)(C)C)c2n1. The molecule has 0 radical (unpaired) electrons. The summed E-state index contributed by atoms with van der Waals surface area (Å²) in [6.07, 6.45) is 3.14. The highest BCUT2D eigenvalue weighted by atomic mass is 32.2. The van der Waals surface area contributed by atoms with Gasteiger partial charge < -0.3 is 4.90 Å². The molecule has 0 saturated carbocycles. The van der Waals surface area contributed by atoms with Crippen LogP contribution in [0.4, 0.5) is 5.82 Å². The van der Waals surface area contributed by atoms with Gasteiger partial charge in [-0.3, -0.25) is 4.90 Å². The van der Waals surface area contributed by atoms with E-state index in [9.17, 15) is 8.42 Å². The summed E-state index contributed by atoms with van der Waals surface area (Å²) in [7, 11) is -2.92. The molecule has 3 heterocycles. The number of piperazine rings is 1. The molecule has 0 N–H and O–H groups in total. The molecule has 0 amide bonds. The van der Waals surface area contributed by atoms with Crippen molar-refractivity contribution in [3.63, 3.8) is 0 Å². The second-order valence-electron chi connectivity index (χ2n) is 8.02. The molecule has 0 spiro atoms. The summed E-state index contributed by atoms with van der Waals surface area (Å²) in [5.41, 5.74) is 0.712. The quantitative estimate of drug-likeness (QED) is 0.784. The van der Waals surface area contributed by atoms with Crippen molar-refractivity contribution in [2.75, 3.05) is 49.6 Å². The minimum atomic E-state index is -2.92. The van der Waals surface area contributed by atoms with Crippen LogP contribution in [0.15, 0.2) is 6.20 Å². The van der Waals surface area contributed by atoms with Gasteiger partial charge in [-0.15, -0.1) is 0 Å². The average molecular weight is 381 g/mol. The number of anilines is 1. The molecule has 1 saturated heterocycles. The first-order valence-electron chi connectivity index (χ1n) is 8.92. The number of aryl methyl sites for hydroxylation is 1. The van der Waals surface area contributed by atoms with Crippen molar-refractivity contribution in [3.8, 4) is 0 Å². The van der Waals surface area contributed by atoms with Crippen molar-refractivity contribution in [3.05, 3.63) is 12.0 Å². The Morgan fingerprint density at radius 3 is 2.35 bits per heavy atom. The topological polar surface area (TPSA) is 84.2 Å². The van der Waals surface area contributed by atoms with Crippen LogP contribution in [0.3, 0.4) is 0 Å². The van der Waals surface area contributed by atoms with E-state index in [1.54, 1.807) is 0 Å². The number of hydrogen-bond acceptors (Lipinski definition) is 7. The van der Waals surface area contributed by atoms with Crippen molar-refractivity contribution < 1.29 is 8.42 Å². The molecule has 1 aliphatic heterocycles. The lowest BCUT2D eigenvalue weighted by Gasteiger charge is -2.35. The molecule has 9 heteroatoms. The smallest absolute Gasteiger partial charge is 0.164 e. The molecule has 2 aromatic heterocycles. The van der Waals surface area contributed by atoms with Crippen LogP contribution in [0.1, 0.15) is 26.6 Å². The van der Waals surface area contributed by atoms with E-state index in [-0.39, 0.29) is 11.3 Å². The minimum absolute atomic E-state index is 0.149. The zero-order chi connectivity index (χ0) is 19.1. The van der Waals surface area contributed by atoms with Crippen molar-refractivity contribution in [1.29, 1.82) is 0 Å². The number of fused-ring (bicyclic) bond motifs is 1. The first-order valence-corrected chi connectivity index (χ1v) is 11.0. The highest BCUT2D eigenvalue weighted by Gasteiger charge is 2.25. The standard InChI is InChI=1S/C17H28N6O2S/c1-13-19-15(14-12-18-23(16(14)20-13)17(2,3)4)22-8-6-21(7-9-22)10-11-26(5,24)25/h12H,6-11H2,1-5H3. The molecule has 0 unspecified atom stereocenters. The van der Waals surface area contributed by atoms with Gasteiger partial charge in [0.1, 0.15) is 21.5 Å². The lowest BCUT2D eigenvalue weighted by molar-refractivity contribution is 0.271. The van der Waals surface area contributed by atoms with Crippen LogP contribution in [-0.4, -0.2) is 77.8 Å². The lowest BCUT2D eigenvalue weighted by Crippen LogP contribution is -2.48. The van der Waals surface area contributed by atoms with Crippen LogP contribution in [-0.2, 0) is 15.4 Å². The highest BCUT2D eigenvalue weighted by Crippen LogP contribution is 2.27. The average Bonchev–Trinajstić information content (AvgIpc) is 2.96. The molecular formula is C17H28N6O2S. The molecule has 3 rings (SSSR count). The van der Waals surface area contributed by atoms with Gasteiger partial charge in [0.25, 0.3) is 0 Å². The van der Waals surface area contributed by atoms with E-state index in [0.29, 0.717) is 6.54 Å². The van der Waals surface area contributed by atoms with Crippen LogP contribution in [0.25, 0.3) is 11.0 Å². The molecule has 144 valence electrons. The van der Waals surface area contributed by atoms with Crippen molar-refractivity contribution in [2.45, 2.75) is 33.2 Å². The monoisotopic (exact) mass is 380 g/mol. The Balaban J connectivity index is 1.81. The van der Waals surface area contributed by atoms with Crippen LogP contribution >= 0.6 is 0 Å². The molecule has 0 bridgehead atoms. The third-order valence-corrected chi connectivity index (χ3v) is 5.53. The maximum atomic E-state index is 11.4. The fraction of sp³-hybridized carbons (Fsp3) is 0.706. The number of aromatic nitrogens is 4. The summed E-state index contributed by atoms with van der Waals surface area (Å²) in [6.45, 7) is 12.1. The van der Waals surface area contributed by atoms with Gasteiger partial charge in [0.05, 0.1) is 22.9 Å². The summed E-state index contributed by atoms with van der Waals surface area (Å²) in [6, 6.07) is 0. The van der Waals surface area contributed by atoms with Crippen molar-refractivity contribution in [2.24, 2.45) is 0 Å². The fourth-order valence-corrected chi connectivity index (χ4v) is 3.80. The Labute approximate surface area is 155 Å². The van der Waals surface area contributed by atoms with Gasteiger partial charge in [-0.25, -0.2) is 23.1 Å². The predicted molar refractivity (Wildman–Crippen MR) is 103 cm³/mol. The molecule has 2 aromatic rings. The van der Waals surface area contributed by atoms with Gasteiger partial charge >= 0.3 is 0 Å². The van der Waals surface area contributed by atoms with Crippen molar-refractivity contribution in [1.82, 2.24) is 24.6 Å². The second-order valence-corrected chi connectivity index (χ2v) is 10.3. The summed E-state index contributed by atoms with van der Waals surface area (Å²) in [4.78, 5) is 13.7. The molecule has 1 fully saturated rings. The summed E-state index contributed by atoms with van der Waals surface area (Å²) in [5, 5.41) is 5.51. The fourth-order valence-electron chi connectivity index (χ4n) is 3.21. The van der Waals surface area contributed by atoms with Gasteiger partial charge in [-0.1, -0.05) is 0 Å². The summed E-state index contributed by atoms with van der Waals surface area (Å²) >= 11 is 0. The zero-order valence-corrected chi connectivity index (χ0v) is 17.0.